The Hall–Kier alpha value is -1.36. The van der Waals surface area contributed by atoms with E-state index >= 15 is 0 Å². The van der Waals surface area contributed by atoms with Crippen LogP contribution in [0.1, 0.15) is 50.1 Å². The third-order valence-electron chi connectivity index (χ3n) is 4.66. The van der Waals surface area contributed by atoms with Gasteiger partial charge in [-0.3, -0.25) is 9.48 Å². The summed E-state index contributed by atoms with van der Waals surface area (Å²) in [7, 11) is 0. The van der Waals surface area contributed by atoms with Gasteiger partial charge in [-0.15, -0.1) is 0 Å². The summed E-state index contributed by atoms with van der Waals surface area (Å²) in [4.78, 5) is 12.1. The standard InChI is InChI=1S/C18H32N4O/c1-13(2)12-22-15(4)17(14(3)21-22)7-8-18(23)20-11-16-6-5-9-19-10-16/h13,16,19H,5-12H2,1-4H3,(H,20,23). The molecule has 1 aromatic rings. The predicted molar refractivity (Wildman–Crippen MR) is 93.5 cm³/mol. The summed E-state index contributed by atoms with van der Waals surface area (Å²) in [5, 5.41) is 11.1. The summed E-state index contributed by atoms with van der Waals surface area (Å²) < 4.78 is 2.08. The van der Waals surface area contributed by atoms with Gasteiger partial charge in [-0.25, -0.2) is 0 Å². The normalized spacial score (nSPS) is 18.4. The van der Waals surface area contributed by atoms with E-state index in [0.717, 1.165) is 38.3 Å². The molecule has 2 N–H and O–H groups in total. The maximum Gasteiger partial charge on any atom is 0.220 e. The summed E-state index contributed by atoms with van der Waals surface area (Å²) >= 11 is 0. The van der Waals surface area contributed by atoms with E-state index in [1.807, 2.05) is 6.92 Å². The van der Waals surface area contributed by atoms with Crippen LogP contribution in [0.4, 0.5) is 0 Å². The number of aryl methyl sites for hydroxylation is 1. The lowest BCUT2D eigenvalue weighted by molar-refractivity contribution is -0.121. The number of piperidine rings is 1. The average molecular weight is 320 g/mol. The van der Waals surface area contributed by atoms with Crippen molar-refractivity contribution in [3.05, 3.63) is 17.0 Å². The molecule has 1 fully saturated rings. The van der Waals surface area contributed by atoms with Crippen LogP contribution in [0.15, 0.2) is 0 Å². The van der Waals surface area contributed by atoms with Gasteiger partial charge in [-0.05, 0) is 63.6 Å². The fourth-order valence-corrected chi connectivity index (χ4v) is 3.30. The molecule has 1 aromatic heterocycles. The van der Waals surface area contributed by atoms with E-state index in [1.54, 1.807) is 0 Å². The molecule has 1 aliphatic heterocycles. The Bertz CT molecular complexity index is 515. The van der Waals surface area contributed by atoms with E-state index in [9.17, 15) is 4.79 Å². The Kier molecular flexibility index (Phi) is 6.63. The van der Waals surface area contributed by atoms with Gasteiger partial charge in [0.1, 0.15) is 0 Å². The molecule has 2 heterocycles. The molecule has 0 bridgehead atoms. The summed E-state index contributed by atoms with van der Waals surface area (Å²) in [5.41, 5.74) is 3.51. The number of carbonyl (C=O) groups is 1. The summed E-state index contributed by atoms with van der Waals surface area (Å²) in [6.45, 7) is 12.4. The van der Waals surface area contributed by atoms with Crippen LogP contribution in [0.2, 0.25) is 0 Å². The van der Waals surface area contributed by atoms with Crippen LogP contribution < -0.4 is 10.6 Å². The Morgan fingerprint density at radius 1 is 1.43 bits per heavy atom. The van der Waals surface area contributed by atoms with E-state index < -0.39 is 0 Å². The van der Waals surface area contributed by atoms with Gasteiger partial charge in [0.15, 0.2) is 0 Å². The molecule has 0 saturated carbocycles. The van der Waals surface area contributed by atoms with Crippen molar-refractivity contribution < 1.29 is 4.79 Å². The van der Waals surface area contributed by atoms with Crippen LogP contribution in [0.3, 0.4) is 0 Å². The number of hydrogen-bond donors (Lipinski definition) is 2. The number of aromatic nitrogens is 2. The second-order valence-corrected chi connectivity index (χ2v) is 7.24. The highest BCUT2D eigenvalue weighted by molar-refractivity contribution is 5.76. The quantitative estimate of drug-likeness (QED) is 0.810. The summed E-state index contributed by atoms with van der Waals surface area (Å²) in [5.74, 6) is 1.32. The van der Waals surface area contributed by atoms with Crippen LogP contribution in [-0.4, -0.2) is 35.3 Å². The highest BCUT2D eigenvalue weighted by Crippen LogP contribution is 2.16. The largest absolute Gasteiger partial charge is 0.356 e. The maximum atomic E-state index is 12.1. The van der Waals surface area contributed by atoms with Gasteiger partial charge in [0.25, 0.3) is 0 Å². The highest BCUT2D eigenvalue weighted by atomic mass is 16.1. The minimum Gasteiger partial charge on any atom is -0.356 e. The number of carbonyl (C=O) groups excluding carboxylic acids is 1. The number of nitrogens with one attached hydrogen (secondary N) is 2. The third-order valence-corrected chi connectivity index (χ3v) is 4.66. The van der Waals surface area contributed by atoms with Crippen molar-refractivity contribution >= 4 is 5.91 Å². The van der Waals surface area contributed by atoms with Gasteiger partial charge in [0.2, 0.25) is 5.91 Å². The molecule has 1 atom stereocenters. The highest BCUT2D eigenvalue weighted by Gasteiger charge is 2.16. The van der Waals surface area contributed by atoms with Crippen molar-refractivity contribution in [1.29, 1.82) is 0 Å². The molecule has 1 saturated heterocycles. The van der Waals surface area contributed by atoms with Crippen LogP contribution in [0, 0.1) is 25.7 Å². The van der Waals surface area contributed by atoms with Gasteiger partial charge in [0, 0.05) is 25.2 Å². The number of hydrogen-bond acceptors (Lipinski definition) is 3. The lowest BCUT2D eigenvalue weighted by atomic mass is 9.99. The first-order valence-corrected chi connectivity index (χ1v) is 8.97. The fraction of sp³-hybridized carbons (Fsp3) is 0.778. The second kappa shape index (κ2) is 8.48. The average Bonchev–Trinajstić information content (AvgIpc) is 2.77. The van der Waals surface area contributed by atoms with E-state index in [-0.39, 0.29) is 5.91 Å². The molecule has 2 rings (SSSR count). The van der Waals surface area contributed by atoms with Crippen LogP contribution in [0.25, 0.3) is 0 Å². The topological polar surface area (TPSA) is 59.0 Å². The molecule has 1 unspecified atom stereocenters. The van der Waals surface area contributed by atoms with Gasteiger partial charge in [-0.1, -0.05) is 13.8 Å². The van der Waals surface area contributed by atoms with E-state index in [2.05, 4.69) is 41.2 Å². The lowest BCUT2D eigenvalue weighted by Gasteiger charge is -2.22. The predicted octanol–water partition coefficient (Wildman–Crippen LogP) is 2.20. The van der Waals surface area contributed by atoms with E-state index in [0.29, 0.717) is 18.3 Å². The second-order valence-electron chi connectivity index (χ2n) is 7.24. The minimum atomic E-state index is 0.158. The number of amides is 1. The molecule has 23 heavy (non-hydrogen) atoms. The zero-order chi connectivity index (χ0) is 16.8. The Morgan fingerprint density at radius 2 is 2.22 bits per heavy atom. The monoisotopic (exact) mass is 320 g/mol. The van der Waals surface area contributed by atoms with Gasteiger partial charge < -0.3 is 10.6 Å². The van der Waals surface area contributed by atoms with Crippen LogP contribution in [0.5, 0.6) is 0 Å². The number of rotatable bonds is 7. The molecule has 1 amide bonds. The molecular formula is C18H32N4O. The maximum absolute atomic E-state index is 12.1. The first-order valence-electron chi connectivity index (χ1n) is 8.97. The molecule has 130 valence electrons. The van der Waals surface area contributed by atoms with Crippen LogP contribution in [-0.2, 0) is 17.8 Å². The Morgan fingerprint density at radius 3 is 2.87 bits per heavy atom. The van der Waals surface area contributed by atoms with Crippen molar-refractivity contribution in [3.8, 4) is 0 Å². The van der Waals surface area contributed by atoms with Gasteiger partial charge >= 0.3 is 0 Å². The Labute approximate surface area is 140 Å². The van der Waals surface area contributed by atoms with Gasteiger partial charge in [-0.2, -0.15) is 5.10 Å². The summed E-state index contributed by atoms with van der Waals surface area (Å²) in [6, 6.07) is 0. The Balaban J connectivity index is 1.80. The van der Waals surface area contributed by atoms with Crippen molar-refractivity contribution in [1.82, 2.24) is 20.4 Å². The molecule has 0 aromatic carbocycles. The first-order chi connectivity index (χ1) is 11.0. The smallest absolute Gasteiger partial charge is 0.220 e. The lowest BCUT2D eigenvalue weighted by Crippen LogP contribution is -2.38. The van der Waals surface area contributed by atoms with Gasteiger partial charge in [0.05, 0.1) is 5.69 Å². The SMILES string of the molecule is Cc1nn(CC(C)C)c(C)c1CCC(=O)NCC1CCCNC1. The molecule has 0 aliphatic carbocycles. The molecular weight excluding hydrogens is 288 g/mol. The fourth-order valence-electron chi connectivity index (χ4n) is 3.30. The molecule has 5 heteroatoms. The van der Waals surface area contributed by atoms with Crippen molar-refractivity contribution in [2.45, 2.75) is 59.9 Å². The van der Waals surface area contributed by atoms with Crippen molar-refractivity contribution in [2.24, 2.45) is 11.8 Å². The van der Waals surface area contributed by atoms with Crippen LogP contribution >= 0.6 is 0 Å². The summed E-state index contributed by atoms with van der Waals surface area (Å²) in [6.07, 6.45) is 3.77. The minimum absolute atomic E-state index is 0.158. The first kappa shape index (κ1) is 18.0. The zero-order valence-corrected chi connectivity index (χ0v) is 15.1. The number of nitrogens with zero attached hydrogens (tertiary/aromatic N) is 2. The molecule has 0 spiro atoms. The zero-order valence-electron chi connectivity index (χ0n) is 15.1. The van der Waals surface area contributed by atoms with E-state index in [4.69, 9.17) is 0 Å². The van der Waals surface area contributed by atoms with E-state index in [1.165, 1.54) is 24.1 Å². The van der Waals surface area contributed by atoms with Crippen molar-refractivity contribution in [3.63, 3.8) is 0 Å². The van der Waals surface area contributed by atoms with Crippen molar-refractivity contribution in [2.75, 3.05) is 19.6 Å². The molecule has 1 aliphatic rings. The molecule has 5 nitrogen and oxygen atoms in total. The third kappa shape index (κ3) is 5.34. The molecule has 0 radical (unpaired) electrons.